The summed E-state index contributed by atoms with van der Waals surface area (Å²) in [6.07, 6.45) is 0.534. The highest BCUT2D eigenvalue weighted by Gasteiger charge is 2.27. The number of likely N-dealkylation sites (tertiary alicyclic amines) is 1. The van der Waals surface area contributed by atoms with Gasteiger partial charge in [-0.1, -0.05) is 20.8 Å². The van der Waals surface area contributed by atoms with E-state index in [1.165, 1.54) is 12.1 Å². The Labute approximate surface area is 147 Å². The molecular weight excluding hydrogens is 325 g/mol. The highest BCUT2D eigenvalue weighted by molar-refractivity contribution is 5.80. The van der Waals surface area contributed by atoms with Crippen LogP contribution < -0.4 is 9.84 Å². The zero-order valence-electron chi connectivity index (χ0n) is 15.0. The highest BCUT2D eigenvalue weighted by Crippen LogP contribution is 2.32. The zero-order chi connectivity index (χ0) is 18.6. The van der Waals surface area contributed by atoms with E-state index < -0.39 is 5.97 Å². The third-order valence-electron chi connectivity index (χ3n) is 4.41. The summed E-state index contributed by atoms with van der Waals surface area (Å²) in [5.74, 6) is -0.814. The topological polar surface area (TPSA) is 69.7 Å². The molecular formula is C19H25FNO4-. The number of amides is 1. The molecule has 138 valence electrons. The van der Waals surface area contributed by atoms with E-state index in [1.54, 1.807) is 11.0 Å². The molecule has 1 amide bonds. The van der Waals surface area contributed by atoms with Crippen LogP contribution in [0.5, 0.6) is 5.75 Å². The summed E-state index contributed by atoms with van der Waals surface area (Å²) in [7, 11) is 0. The average molecular weight is 350 g/mol. The van der Waals surface area contributed by atoms with Gasteiger partial charge in [0.15, 0.2) is 0 Å². The lowest BCUT2D eigenvalue weighted by atomic mass is 9.86. The molecule has 1 fully saturated rings. The third-order valence-corrected chi connectivity index (χ3v) is 4.41. The largest absolute Gasteiger partial charge is 0.550 e. The number of carboxylic acids is 1. The van der Waals surface area contributed by atoms with Gasteiger partial charge in [-0.25, -0.2) is 4.39 Å². The van der Waals surface area contributed by atoms with E-state index in [1.807, 2.05) is 20.8 Å². The van der Waals surface area contributed by atoms with Crippen LogP contribution in [0.1, 0.15) is 45.6 Å². The van der Waals surface area contributed by atoms with E-state index in [4.69, 9.17) is 4.74 Å². The first-order valence-corrected chi connectivity index (χ1v) is 8.57. The van der Waals surface area contributed by atoms with Crippen LogP contribution in [-0.2, 0) is 15.0 Å². The third kappa shape index (κ3) is 5.44. The van der Waals surface area contributed by atoms with E-state index in [-0.39, 0.29) is 35.9 Å². The number of nitrogens with zero attached hydrogens (tertiary/aromatic N) is 1. The maximum atomic E-state index is 13.5. The predicted molar refractivity (Wildman–Crippen MR) is 89.5 cm³/mol. The predicted octanol–water partition coefficient (Wildman–Crippen LogP) is 1.88. The molecule has 1 aromatic rings. The Morgan fingerprint density at radius 1 is 1.32 bits per heavy atom. The van der Waals surface area contributed by atoms with Crippen LogP contribution in [0.2, 0.25) is 0 Å². The number of hydrogen-bond donors (Lipinski definition) is 0. The number of carbonyl (C=O) groups is 2. The van der Waals surface area contributed by atoms with E-state index in [9.17, 15) is 19.1 Å². The van der Waals surface area contributed by atoms with Crippen molar-refractivity contribution < 1.29 is 23.8 Å². The van der Waals surface area contributed by atoms with Crippen LogP contribution in [0.15, 0.2) is 18.2 Å². The smallest absolute Gasteiger partial charge is 0.222 e. The molecule has 0 saturated carbocycles. The number of ether oxygens (including phenoxy) is 1. The number of halogens is 1. The quantitative estimate of drug-likeness (QED) is 0.785. The summed E-state index contributed by atoms with van der Waals surface area (Å²) in [5.41, 5.74) is 0.576. The summed E-state index contributed by atoms with van der Waals surface area (Å²) in [4.78, 5) is 24.1. The van der Waals surface area contributed by atoms with Crippen LogP contribution >= 0.6 is 0 Å². The Balaban J connectivity index is 1.91. The standard InChI is InChI=1S/C19H26FNO4/c1-19(2,3)15-10-14(20)4-5-16(15)25-12-13-8-9-21(11-13)17(22)6-7-18(23)24/h4-5,10,13H,6-9,11-12H2,1-3H3,(H,23,24)/p-1. The molecule has 1 aliphatic rings. The maximum absolute atomic E-state index is 13.5. The molecule has 1 aliphatic heterocycles. The second-order valence-electron chi connectivity index (χ2n) is 7.57. The molecule has 25 heavy (non-hydrogen) atoms. The van der Waals surface area contributed by atoms with Crippen LogP contribution in [-0.4, -0.2) is 36.5 Å². The fraction of sp³-hybridized carbons (Fsp3) is 0.579. The summed E-state index contributed by atoms with van der Waals surface area (Å²) in [5, 5.41) is 10.5. The molecule has 0 radical (unpaired) electrons. The second-order valence-corrected chi connectivity index (χ2v) is 7.57. The first-order valence-electron chi connectivity index (χ1n) is 8.57. The summed E-state index contributed by atoms with van der Waals surface area (Å²) < 4.78 is 19.5. The van der Waals surface area contributed by atoms with E-state index in [2.05, 4.69) is 0 Å². The molecule has 1 saturated heterocycles. The van der Waals surface area contributed by atoms with Crippen LogP contribution in [0.25, 0.3) is 0 Å². The summed E-state index contributed by atoms with van der Waals surface area (Å²) >= 11 is 0. The van der Waals surface area contributed by atoms with E-state index in [0.29, 0.717) is 25.4 Å². The fourth-order valence-corrected chi connectivity index (χ4v) is 2.98. The minimum Gasteiger partial charge on any atom is -0.550 e. The number of carboxylic acid groups (broad SMARTS) is 1. The lowest BCUT2D eigenvalue weighted by Crippen LogP contribution is -2.31. The van der Waals surface area contributed by atoms with Crippen molar-refractivity contribution in [1.82, 2.24) is 4.90 Å². The number of hydrogen-bond acceptors (Lipinski definition) is 4. The van der Waals surface area contributed by atoms with Gasteiger partial charge in [0.1, 0.15) is 11.6 Å². The lowest BCUT2D eigenvalue weighted by Gasteiger charge is -2.24. The van der Waals surface area contributed by atoms with Gasteiger partial charge in [-0.3, -0.25) is 4.79 Å². The Morgan fingerprint density at radius 3 is 2.68 bits per heavy atom. The Kier molecular flexibility index (Phi) is 6.03. The Bertz CT molecular complexity index is 639. The molecule has 0 aliphatic carbocycles. The van der Waals surface area contributed by atoms with Crippen molar-refractivity contribution in [1.29, 1.82) is 0 Å². The lowest BCUT2D eigenvalue weighted by molar-refractivity contribution is -0.305. The number of aliphatic carboxylic acids is 1. The maximum Gasteiger partial charge on any atom is 0.222 e. The minimum absolute atomic E-state index is 0.0257. The molecule has 2 rings (SSSR count). The van der Waals surface area contributed by atoms with Gasteiger partial charge >= 0.3 is 0 Å². The van der Waals surface area contributed by atoms with Crippen molar-refractivity contribution in [3.05, 3.63) is 29.6 Å². The molecule has 0 aromatic heterocycles. The number of rotatable bonds is 6. The molecule has 1 atom stereocenters. The SMILES string of the molecule is CC(C)(C)c1cc(F)ccc1OCC1CCN(C(=O)CCC(=O)[O-])C1. The van der Waals surface area contributed by atoms with Gasteiger partial charge < -0.3 is 19.5 Å². The Morgan fingerprint density at radius 2 is 2.04 bits per heavy atom. The van der Waals surface area contributed by atoms with Crippen LogP contribution in [0.3, 0.4) is 0 Å². The summed E-state index contributed by atoms with van der Waals surface area (Å²) in [6, 6.07) is 4.53. The highest BCUT2D eigenvalue weighted by atomic mass is 19.1. The van der Waals surface area contributed by atoms with Crippen molar-refractivity contribution in [2.24, 2.45) is 5.92 Å². The van der Waals surface area contributed by atoms with E-state index >= 15 is 0 Å². The molecule has 0 bridgehead atoms. The molecule has 5 nitrogen and oxygen atoms in total. The number of carbonyl (C=O) groups excluding carboxylic acids is 2. The molecule has 1 unspecified atom stereocenters. The molecule has 1 heterocycles. The van der Waals surface area contributed by atoms with Crippen LogP contribution in [0.4, 0.5) is 4.39 Å². The van der Waals surface area contributed by atoms with Gasteiger partial charge in [0, 0.05) is 37.0 Å². The summed E-state index contributed by atoms with van der Waals surface area (Å²) in [6.45, 7) is 7.61. The molecule has 1 aromatic carbocycles. The van der Waals surface area contributed by atoms with Gasteiger partial charge in [-0.05, 0) is 36.5 Å². The van der Waals surface area contributed by atoms with Crippen molar-refractivity contribution in [2.75, 3.05) is 19.7 Å². The second kappa shape index (κ2) is 7.85. The van der Waals surface area contributed by atoms with Gasteiger partial charge in [-0.2, -0.15) is 0 Å². The monoisotopic (exact) mass is 350 g/mol. The average Bonchev–Trinajstić information content (AvgIpc) is 2.99. The van der Waals surface area contributed by atoms with E-state index in [0.717, 1.165) is 12.0 Å². The molecule has 0 spiro atoms. The first kappa shape index (κ1) is 19.2. The van der Waals surface area contributed by atoms with Crippen molar-refractivity contribution >= 4 is 11.9 Å². The normalized spacial score (nSPS) is 17.6. The first-order chi connectivity index (χ1) is 11.7. The Hall–Kier alpha value is -2.11. The van der Waals surface area contributed by atoms with Gasteiger partial charge in [0.05, 0.1) is 6.61 Å². The fourth-order valence-electron chi connectivity index (χ4n) is 2.98. The number of benzene rings is 1. The molecule has 6 heteroatoms. The van der Waals surface area contributed by atoms with Gasteiger partial charge in [-0.15, -0.1) is 0 Å². The van der Waals surface area contributed by atoms with Gasteiger partial charge in [0.25, 0.3) is 0 Å². The minimum atomic E-state index is -1.21. The van der Waals surface area contributed by atoms with Crippen molar-refractivity contribution in [2.45, 2.75) is 45.4 Å². The molecule has 0 N–H and O–H groups in total. The zero-order valence-corrected chi connectivity index (χ0v) is 15.0. The van der Waals surface area contributed by atoms with Crippen molar-refractivity contribution in [3.8, 4) is 5.75 Å². The van der Waals surface area contributed by atoms with Crippen LogP contribution in [0, 0.1) is 11.7 Å². The van der Waals surface area contributed by atoms with Crippen molar-refractivity contribution in [3.63, 3.8) is 0 Å². The van der Waals surface area contributed by atoms with Gasteiger partial charge in [0.2, 0.25) is 5.91 Å².